The molecule has 2 aliphatic rings. The molecule has 28 heavy (non-hydrogen) atoms. The van der Waals surface area contributed by atoms with Gasteiger partial charge in [-0.05, 0) is 43.9 Å². The average Bonchev–Trinajstić information content (AvgIpc) is 3.01. The molecule has 8 heteroatoms. The SMILES string of the molecule is CCn1nc2cc(N3CCCc4cc(C(=O)N5CCC5)cnc43)ccn2c1=O. The third-order valence-electron chi connectivity index (χ3n) is 5.60. The first-order chi connectivity index (χ1) is 13.7. The van der Waals surface area contributed by atoms with Gasteiger partial charge in [0.05, 0.1) is 5.56 Å². The van der Waals surface area contributed by atoms with Crippen LogP contribution in [0.25, 0.3) is 5.65 Å². The van der Waals surface area contributed by atoms with Crippen LogP contribution in [-0.4, -0.2) is 49.6 Å². The normalized spacial score (nSPS) is 16.2. The second-order valence-electron chi connectivity index (χ2n) is 7.32. The molecule has 5 rings (SSSR count). The molecule has 2 aliphatic heterocycles. The molecule has 1 fully saturated rings. The lowest BCUT2D eigenvalue weighted by atomic mass is 10.0. The molecule has 1 amide bonds. The number of fused-ring (bicyclic) bond motifs is 2. The molecule has 5 heterocycles. The Balaban J connectivity index is 1.51. The van der Waals surface area contributed by atoms with E-state index in [1.165, 1.54) is 4.68 Å². The van der Waals surface area contributed by atoms with E-state index in [2.05, 4.69) is 15.0 Å². The van der Waals surface area contributed by atoms with E-state index in [4.69, 9.17) is 0 Å². The molecule has 0 N–H and O–H groups in total. The van der Waals surface area contributed by atoms with E-state index in [1.807, 2.05) is 30.0 Å². The number of aryl methyl sites for hydroxylation is 2. The highest BCUT2D eigenvalue weighted by Gasteiger charge is 2.25. The summed E-state index contributed by atoms with van der Waals surface area (Å²) in [5, 5.41) is 4.38. The van der Waals surface area contributed by atoms with Gasteiger partial charge in [-0.3, -0.25) is 9.20 Å². The molecule has 144 valence electrons. The lowest BCUT2D eigenvalue weighted by Crippen LogP contribution is -2.42. The number of carbonyl (C=O) groups is 1. The molecular weight excluding hydrogens is 356 g/mol. The number of aromatic nitrogens is 4. The number of nitrogens with zero attached hydrogens (tertiary/aromatic N) is 6. The van der Waals surface area contributed by atoms with Gasteiger partial charge in [0.25, 0.3) is 5.91 Å². The maximum absolute atomic E-state index is 12.5. The van der Waals surface area contributed by atoms with Gasteiger partial charge in [-0.15, -0.1) is 5.10 Å². The van der Waals surface area contributed by atoms with Gasteiger partial charge in [0.15, 0.2) is 5.65 Å². The Morgan fingerprint density at radius 3 is 2.79 bits per heavy atom. The maximum atomic E-state index is 12.5. The summed E-state index contributed by atoms with van der Waals surface area (Å²) in [7, 11) is 0. The van der Waals surface area contributed by atoms with Crippen LogP contribution in [0.1, 0.15) is 35.7 Å². The van der Waals surface area contributed by atoms with Crippen molar-refractivity contribution < 1.29 is 4.79 Å². The number of anilines is 2. The smallest absolute Gasteiger partial charge is 0.338 e. The van der Waals surface area contributed by atoms with Gasteiger partial charge in [-0.2, -0.15) is 0 Å². The van der Waals surface area contributed by atoms with E-state index in [-0.39, 0.29) is 11.6 Å². The Labute approximate surface area is 162 Å². The van der Waals surface area contributed by atoms with Crippen LogP contribution < -0.4 is 10.6 Å². The summed E-state index contributed by atoms with van der Waals surface area (Å²) in [6, 6.07) is 5.83. The van der Waals surface area contributed by atoms with Crippen molar-refractivity contribution in [2.24, 2.45) is 0 Å². The first kappa shape index (κ1) is 17.0. The average molecular weight is 378 g/mol. The zero-order chi connectivity index (χ0) is 19.3. The number of amides is 1. The maximum Gasteiger partial charge on any atom is 0.350 e. The highest BCUT2D eigenvalue weighted by atomic mass is 16.2. The number of hydrogen-bond donors (Lipinski definition) is 0. The molecule has 0 bridgehead atoms. The van der Waals surface area contributed by atoms with Crippen LogP contribution in [0.2, 0.25) is 0 Å². The first-order valence-corrected chi connectivity index (χ1v) is 9.80. The minimum atomic E-state index is -0.129. The molecule has 0 aromatic carbocycles. The first-order valence-electron chi connectivity index (χ1n) is 9.80. The Kier molecular flexibility index (Phi) is 3.92. The minimum Gasteiger partial charge on any atom is -0.338 e. The molecule has 0 spiro atoms. The Bertz CT molecular complexity index is 1130. The fraction of sp³-hybridized carbons (Fsp3) is 0.400. The Morgan fingerprint density at radius 1 is 1.18 bits per heavy atom. The minimum absolute atomic E-state index is 0.0737. The topological polar surface area (TPSA) is 75.7 Å². The molecule has 3 aromatic rings. The molecule has 0 aliphatic carbocycles. The van der Waals surface area contributed by atoms with Crippen LogP contribution in [-0.2, 0) is 13.0 Å². The lowest BCUT2D eigenvalue weighted by molar-refractivity contribution is 0.0651. The second kappa shape index (κ2) is 6.47. The summed E-state index contributed by atoms with van der Waals surface area (Å²) in [4.78, 5) is 33.4. The van der Waals surface area contributed by atoms with E-state index < -0.39 is 0 Å². The number of rotatable bonds is 3. The van der Waals surface area contributed by atoms with Crippen LogP contribution >= 0.6 is 0 Å². The van der Waals surface area contributed by atoms with Gasteiger partial charge in [-0.1, -0.05) is 0 Å². The van der Waals surface area contributed by atoms with E-state index in [9.17, 15) is 9.59 Å². The summed E-state index contributed by atoms with van der Waals surface area (Å²) in [5.74, 6) is 0.956. The quantitative estimate of drug-likeness (QED) is 0.695. The van der Waals surface area contributed by atoms with Crippen molar-refractivity contribution in [3.05, 3.63) is 52.2 Å². The van der Waals surface area contributed by atoms with Crippen molar-refractivity contribution in [3.63, 3.8) is 0 Å². The summed E-state index contributed by atoms with van der Waals surface area (Å²) in [5.41, 5.74) is 3.21. The van der Waals surface area contributed by atoms with Gasteiger partial charge in [0.2, 0.25) is 0 Å². The van der Waals surface area contributed by atoms with Crippen molar-refractivity contribution >= 4 is 23.1 Å². The molecule has 0 atom stereocenters. The molecular formula is C20H22N6O2. The zero-order valence-electron chi connectivity index (χ0n) is 15.8. The predicted octanol–water partition coefficient (Wildman–Crippen LogP) is 1.84. The largest absolute Gasteiger partial charge is 0.350 e. The van der Waals surface area contributed by atoms with Crippen molar-refractivity contribution in [1.29, 1.82) is 0 Å². The zero-order valence-corrected chi connectivity index (χ0v) is 15.8. The van der Waals surface area contributed by atoms with Crippen LogP contribution in [0.5, 0.6) is 0 Å². The van der Waals surface area contributed by atoms with Crippen LogP contribution in [0.15, 0.2) is 35.4 Å². The van der Waals surface area contributed by atoms with Crippen LogP contribution in [0.3, 0.4) is 0 Å². The summed E-state index contributed by atoms with van der Waals surface area (Å²) in [6.07, 6.45) is 6.43. The predicted molar refractivity (Wildman–Crippen MR) is 105 cm³/mol. The molecule has 0 unspecified atom stereocenters. The molecule has 1 saturated heterocycles. The summed E-state index contributed by atoms with van der Waals surface area (Å²) in [6.45, 7) is 4.96. The van der Waals surface area contributed by atoms with Crippen LogP contribution in [0, 0.1) is 0 Å². The highest BCUT2D eigenvalue weighted by molar-refractivity contribution is 5.95. The van der Waals surface area contributed by atoms with Gasteiger partial charge < -0.3 is 9.80 Å². The van der Waals surface area contributed by atoms with Gasteiger partial charge in [0.1, 0.15) is 5.82 Å². The van der Waals surface area contributed by atoms with E-state index in [0.717, 1.165) is 56.0 Å². The summed E-state index contributed by atoms with van der Waals surface area (Å²) < 4.78 is 3.01. The standard InChI is InChI=1S/C20H22N6O2/c1-2-26-20(28)25-10-6-16(12-17(25)22-26)24-9-3-5-14-11-15(13-21-18(14)24)19(27)23-7-4-8-23/h6,10-13H,2-5,7-9H2,1H3. The second-order valence-corrected chi connectivity index (χ2v) is 7.32. The highest BCUT2D eigenvalue weighted by Crippen LogP contribution is 2.32. The monoisotopic (exact) mass is 378 g/mol. The van der Waals surface area contributed by atoms with Gasteiger partial charge >= 0.3 is 5.69 Å². The Hall–Kier alpha value is -3.16. The molecule has 0 radical (unpaired) electrons. The molecule has 3 aromatic heterocycles. The van der Waals surface area contributed by atoms with Crippen molar-refractivity contribution in [3.8, 4) is 0 Å². The van der Waals surface area contributed by atoms with E-state index >= 15 is 0 Å². The van der Waals surface area contributed by atoms with E-state index in [0.29, 0.717) is 17.8 Å². The fourth-order valence-electron chi connectivity index (χ4n) is 3.91. The number of carbonyl (C=O) groups excluding carboxylic acids is 1. The van der Waals surface area contributed by atoms with Crippen molar-refractivity contribution in [2.75, 3.05) is 24.5 Å². The van der Waals surface area contributed by atoms with Gasteiger partial charge in [0, 0.05) is 50.3 Å². The number of pyridine rings is 2. The third-order valence-corrected chi connectivity index (χ3v) is 5.60. The summed E-state index contributed by atoms with van der Waals surface area (Å²) >= 11 is 0. The number of likely N-dealkylation sites (tertiary alicyclic amines) is 1. The molecule has 8 nitrogen and oxygen atoms in total. The Morgan fingerprint density at radius 2 is 2.04 bits per heavy atom. The number of hydrogen-bond acceptors (Lipinski definition) is 5. The van der Waals surface area contributed by atoms with E-state index in [1.54, 1.807) is 16.8 Å². The van der Waals surface area contributed by atoms with Crippen molar-refractivity contribution in [2.45, 2.75) is 32.7 Å². The van der Waals surface area contributed by atoms with Crippen LogP contribution in [0.4, 0.5) is 11.5 Å². The van der Waals surface area contributed by atoms with Gasteiger partial charge in [-0.25, -0.2) is 14.5 Å². The third kappa shape index (κ3) is 2.59. The fourth-order valence-corrected chi connectivity index (χ4v) is 3.91. The van der Waals surface area contributed by atoms with Crippen molar-refractivity contribution in [1.82, 2.24) is 24.1 Å². The lowest BCUT2D eigenvalue weighted by Gasteiger charge is -2.32. The molecule has 0 saturated carbocycles.